The van der Waals surface area contributed by atoms with E-state index in [2.05, 4.69) is 278 Å². The lowest BCUT2D eigenvalue weighted by Gasteiger charge is -2.08. The van der Waals surface area contributed by atoms with Crippen LogP contribution in [0.25, 0.3) is 153 Å². The Bertz CT molecular complexity index is 5200. The number of rotatable bonds is 2. The van der Waals surface area contributed by atoms with E-state index in [9.17, 15) is 0 Å². The summed E-state index contributed by atoms with van der Waals surface area (Å²) in [6.45, 7) is 0. The van der Waals surface area contributed by atoms with Crippen LogP contribution in [-0.2, 0) is 11.8 Å². The standard InChI is InChI=1S/C68H38N12S/c1-5-21-47-39(13-1)25-29-51-52-30-26-40-14-2-6-22-48(40)78(52)67(77(47)51)73-35-9-17-43-57-58(44-18-10-36-74(67)62(44)61(43)73)70-65(69-57)55-33-34-56(81-55)66-71-59-45-19-11-37-75-63(45)64-46(60(59)72-66)20-12-38-76(64)68(75)79-49-23-7-3-15-41(49)27-31-53(79)54-32-28-42-16-4-8-24-50(42)80(54)68/h1-38H/q+6/p+2. The van der Waals surface area contributed by atoms with Crippen molar-refractivity contribution in [3.8, 4) is 44.2 Å². The molecule has 13 heteroatoms. The minimum Gasteiger partial charge on any atom is -0.337 e. The number of thiophene rings is 1. The number of imidazole rings is 2. The van der Waals surface area contributed by atoms with Gasteiger partial charge in [-0.1, -0.05) is 48.5 Å². The van der Waals surface area contributed by atoms with Gasteiger partial charge in [0.15, 0.2) is 24.8 Å². The SMILES string of the molecule is c1ccc2c(c1)ccc1[n+]2C2([n+]3cccc4c5nc(-c6ccc(-c7nc8c9ccc[n+]%10c9c9c(ccc[n+]9C%109[n+]%10c(ccc%11ccccc%11%10)-c%10ccc%11ccccc%11[n+]%109)c8[nH]7)s6)[nH]c5c5ccc[n+]2c5c43)[n+]2c-1ccc1ccccc12. The van der Waals surface area contributed by atoms with Crippen molar-refractivity contribution in [1.29, 1.82) is 0 Å². The number of H-pyrrole nitrogens is 2. The number of aromatic amines is 2. The van der Waals surface area contributed by atoms with E-state index in [-0.39, 0.29) is 0 Å². The monoisotopic (exact) mass is 1060 g/mol. The largest absolute Gasteiger partial charge is 0.771 e. The molecule has 17 aromatic rings. The lowest BCUT2D eigenvalue weighted by Crippen LogP contribution is -2.94. The van der Waals surface area contributed by atoms with Crippen molar-refractivity contribution in [2.45, 2.75) is 11.8 Å². The molecular weight excluding hydrogens is 1020 g/mol. The fourth-order valence-corrected chi connectivity index (χ4v) is 16.2. The van der Waals surface area contributed by atoms with Crippen molar-refractivity contribution in [3.63, 3.8) is 0 Å². The Morgan fingerprint density at radius 3 is 0.963 bits per heavy atom. The molecule has 2 spiro atoms. The summed E-state index contributed by atoms with van der Waals surface area (Å²) in [5, 5.41) is 9.12. The fourth-order valence-electron chi connectivity index (χ4n) is 15.3. The molecule has 0 saturated carbocycles. The number of para-hydroxylation sites is 4. The number of pyridine rings is 8. The first-order valence-electron chi connectivity index (χ1n) is 27.5. The minimum atomic E-state index is -0.864. The number of nitrogens with one attached hydrogen (secondary N) is 2. The second kappa shape index (κ2) is 13.9. The van der Waals surface area contributed by atoms with Gasteiger partial charge < -0.3 is 9.97 Å². The van der Waals surface area contributed by atoms with E-state index < -0.39 is 11.8 Å². The number of hydrogen-bond donors (Lipinski definition) is 2. The second-order valence-electron chi connectivity index (χ2n) is 22.0. The van der Waals surface area contributed by atoms with Gasteiger partial charge >= 0.3 is 33.9 Å². The van der Waals surface area contributed by atoms with Crippen LogP contribution in [0.2, 0.25) is 0 Å². The third kappa shape index (κ3) is 4.55. The average molecular weight is 1060 g/mol. The predicted molar refractivity (Wildman–Crippen MR) is 308 cm³/mol. The van der Waals surface area contributed by atoms with Gasteiger partial charge in [-0.15, -0.1) is 11.3 Å². The third-order valence-electron chi connectivity index (χ3n) is 18.3. The molecule has 2 N–H and O–H groups in total. The quantitative estimate of drug-likeness (QED) is 0.134. The predicted octanol–water partition coefficient (Wildman–Crippen LogP) is 9.37. The summed E-state index contributed by atoms with van der Waals surface area (Å²) in [4.78, 5) is 21.0. The van der Waals surface area contributed by atoms with Crippen molar-refractivity contribution in [3.05, 3.63) is 231 Å². The van der Waals surface area contributed by atoms with Crippen molar-refractivity contribution in [2.24, 2.45) is 0 Å². The molecule has 0 fully saturated rings. The van der Waals surface area contributed by atoms with Crippen LogP contribution in [0.3, 0.4) is 0 Å². The van der Waals surface area contributed by atoms with Gasteiger partial charge in [-0.05, 0) is 84.9 Å². The van der Waals surface area contributed by atoms with Crippen molar-refractivity contribution in [1.82, 2.24) is 19.9 Å². The van der Waals surface area contributed by atoms with Crippen LogP contribution in [0, 0.1) is 0 Å². The Labute approximate surface area is 461 Å². The molecule has 0 radical (unpaired) electrons. The maximum atomic E-state index is 5.56. The van der Waals surface area contributed by atoms with Crippen LogP contribution in [0.5, 0.6) is 0 Å². The number of nitrogens with zero attached hydrogens (tertiary/aromatic N) is 10. The summed E-state index contributed by atoms with van der Waals surface area (Å²) in [7, 11) is 0. The van der Waals surface area contributed by atoms with E-state index in [4.69, 9.17) is 9.97 Å². The molecule has 21 rings (SSSR count). The summed E-state index contributed by atoms with van der Waals surface area (Å²) in [6, 6.07) is 75.4. The summed E-state index contributed by atoms with van der Waals surface area (Å²) < 4.78 is 20.1. The van der Waals surface area contributed by atoms with Gasteiger partial charge in [0.25, 0.3) is 22.8 Å². The van der Waals surface area contributed by atoms with Crippen molar-refractivity contribution in [2.75, 3.05) is 0 Å². The minimum absolute atomic E-state index is 0.828. The topological polar surface area (TPSA) is 88.4 Å². The molecule has 0 atom stereocenters. The molecule has 0 amide bonds. The fraction of sp³-hybridized carbons (Fsp3) is 0.0294. The van der Waals surface area contributed by atoms with Gasteiger partial charge in [-0.25, -0.2) is 9.97 Å². The van der Waals surface area contributed by atoms with Gasteiger partial charge in [0, 0.05) is 131 Å². The number of aromatic nitrogens is 12. The maximum Gasteiger partial charge on any atom is 0.771 e. The van der Waals surface area contributed by atoms with Crippen molar-refractivity contribution < 1.29 is 36.5 Å². The zero-order chi connectivity index (χ0) is 52.2. The number of benzene rings is 6. The zero-order valence-electron chi connectivity index (χ0n) is 42.8. The lowest BCUT2D eigenvalue weighted by atomic mass is 10.1. The van der Waals surface area contributed by atoms with Gasteiger partial charge in [0.2, 0.25) is 22.1 Å². The van der Waals surface area contributed by atoms with Crippen LogP contribution < -0.4 is 36.5 Å². The highest BCUT2D eigenvalue weighted by Gasteiger charge is 2.84. The Morgan fingerprint density at radius 1 is 0.309 bits per heavy atom. The molecule has 0 bridgehead atoms. The van der Waals surface area contributed by atoms with Crippen LogP contribution >= 0.6 is 11.3 Å². The molecule has 0 saturated heterocycles. The number of hydrogen-bond acceptors (Lipinski definition) is 3. The normalized spacial score (nSPS) is 14.6. The van der Waals surface area contributed by atoms with E-state index in [0.717, 1.165) is 132 Å². The summed E-state index contributed by atoms with van der Waals surface area (Å²) in [5.74, 6) is -0.0721. The first-order chi connectivity index (χ1) is 40.2. The van der Waals surface area contributed by atoms with Crippen molar-refractivity contribution >= 4 is 121 Å². The molecule has 15 heterocycles. The van der Waals surface area contributed by atoms with E-state index in [1.807, 2.05) is 0 Å². The highest BCUT2D eigenvalue weighted by Crippen LogP contribution is 2.42. The molecule has 0 unspecified atom stereocenters. The Kier molecular flexibility index (Phi) is 7.10. The van der Waals surface area contributed by atoms with E-state index in [1.165, 1.54) is 21.5 Å². The summed E-state index contributed by atoms with van der Waals surface area (Å²) in [5.41, 5.74) is 17.7. The Balaban J connectivity index is 0.751. The molecule has 0 aliphatic carbocycles. The first kappa shape index (κ1) is 41.4. The molecular formula is C68H40N12S+8. The second-order valence-corrected chi connectivity index (χ2v) is 23.1. The molecule has 370 valence electrons. The van der Waals surface area contributed by atoms with E-state index in [1.54, 1.807) is 11.3 Å². The Morgan fingerprint density at radius 2 is 0.617 bits per heavy atom. The van der Waals surface area contributed by atoms with Gasteiger partial charge in [-0.2, -0.15) is 0 Å². The maximum absolute atomic E-state index is 5.56. The van der Waals surface area contributed by atoms with Gasteiger partial charge in [0.1, 0.15) is 22.7 Å². The van der Waals surface area contributed by atoms with Crippen LogP contribution in [0.1, 0.15) is 0 Å². The first-order valence-corrected chi connectivity index (χ1v) is 28.3. The summed E-state index contributed by atoms with van der Waals surface area (Å²) >= 11 is 1.70. The smallest absolute Gasteiger partial charge is 0.337 e. The number of fused-ring (bicyclic) bond motifs is 28. The van der Waals surface area contributed by atoms with E-state index >= 15 is 0 Å². The Hall–Kier alpha value is -10.8. The van der Waals surface area contributed by atoms with Crippen LogP contribution in [-0.4, -0.2) is 19.9 Å². The van der Waals surface area contributed by atoms with Gasteiger partial charge in [0.05, 0.1) is 42.3 Å². The molecule has 4 aliphatic rings. The lowest BCUT2D eigenvalue weighted by molar-refractivity contribution is -1.28. The van der Waals surface area contributed by atoms with Crippen LogP contribution in [0.4, 0.5) is 0 Å². The van der Waals surface area contributed by atoms with E-state index in [0.29, 0.717) is 0 Å². The average Bonchev–Trinajstić information content (AvgIpc) is 1.81. The van der Waals surface area contributed by atoms with Crippen LogP contribution in [0.15, 0.2) is 231 Å². The highest BCUT2D eigenvalue weighted by molar-refractivity contribution is 7.18. The molecule has 6 aromatic carbocycles. The summed E-state index contributed by atoms with van der Waals surface area (Å²) in [6.07, 6.45) is 9.05. The molecule has 12 nitrogen and oxygen atoms in total. The molecule has 4 aliphatic heterocycles. The van der Waals surface area contributed by atoms with Gasteiger partial charge in [-0.3, -0.25) is 0 Å². The zero-order valence-corrected chi connectivity index (χ0v) is 43.6. The highest BCUT2D eigenvalue weighted by atomic mass is 32.1. The third-order valence-corrected chi connectivity index (χ3v) is 19.4. The molecule has 81 heavy (non-hydrogen) atoms. The molecule has 11 aromatic heterocycles.